The lowest BCUT2D eigenvalue weighted by molar-refractivity contribution is 0.670. The molecule has 0 fully saturated rings. The van der Waals surface area contributed by atoms with Gasteiger partial charge in [0, 0.05) is 33.0 Å². The van der Waals surface area contributed by atoms with Crippen LogP contribution in [-0.2, 0) is 0 Å². The van der Waals surface area contributed by atoms with Crippen LogP contribution in [0.4, 0.5) is 17.1 Å². The average molecular weight is 614 g/mol. The number of para-hydroxylation sites is 3. The van der Waals surface area contributed by atoms with E-state index in [2.05, 4.69) is 181 Å². The molecule has 8 aromatic carbocycles. The van der Waals surface area contributed by atoms with Crippen molar-refractivity contribution in [2.24, 2.45) is 0 Å². The molecule has 0 saturated heterocycles. The Labute approximate surface area is 279 Å². The summed E-state index contributed by atoms with van der Waals surface area (Å²) in [7, 11) is 0. The average Bonchev–Trinajstić information content (AvgIpc) is 3.55. The second-order valence-corrected chi connectivity index (χ2v) is 12.1. The third-order valence-electron chi connectivity index (χ3n) is 9.30. The zero-order chi connectivity index (χ0) is 31.9. The summed E-state index contributed by atoms with van der Waals surface area (Å²) < 4.78 is 6.54. The van der Waals surface area contributed by atoms with E-state index in [4.69, 9.17) is 4.42 Å². The minimum absolute atomic E-state index is 0.899. The van der Waals surface area contributed by atoms with Crippen LogP contribution in [0, 0.1) is 0 Å². The minimum atomic E-state index is 0.899. The van der Waals surface area contributed by atoms with Crippen molar-refractivity contribution in [1.29, 1.82) is 0 Å². The fourth-order valence-electron chi connectivity index (χ4n) is 6.96. The number of furan rings is 1. The topological polar surface area (TPSA) is 16.4 Å². The van der Waals surface area contributed by atoms with Gasteiger partial charge >= 0.3 is 0 Å². The van der Waals surface area contributed by atoms with Crippen LogP contribution < -0.4 is 4.90 Å². The number of benzene rings is 8. The van der Waals surface area contributed by atoms with Gasteiger partial charge in [-0.05, 0) is 58.0 Å². The van der Waals surface area contributed by atoms with Crippen molar-refractivity contribution in [2.45, 2.75) is 0 Å². The summed E-state index contributed by atoms with van der Waals surface area (Å²) in [4.78, 5) is 2.39. The maximum atomic E-state index is 6.54. The molecular weight excluding hydrogens is 583 g/mol. The van der Waals surface area contributed by atoms with Crippen LogP contribution in [0.2, 0.25) is 0 Å². The first-order chi connectivity index (χ1) is 23.8. The largest absolute Gasteiger partial charge is 0.455 e. The number of fused-ring (bicyclic) bond motifs is 4. The molecular formula is C46H31NO. The Morgan fingerprint density at radius 3 is 1.65 bits per heavy atom. The summed E-state index contributed by atoms with van der Waals surface area (Å²) in [5.41, 5.74) is 12.1. The van der Waals surface area contributed by atoms with Gasteiger partial charge in [0.25, 0.3) is 0 Å². The van der Waals surface area contributed by atoms with E-state index in [1.807, 2.05) is 12.1 Å². The fourth-order valence-corrected chi connectivity index (χ4v) is 6.96. The Hall–Kier alpha value is -6.38. The Morgan fingerprint density at radius 1 is 0.333 bits per heavy atom. The molecule has 0 aliphatic rings. The third-order valence-corrected chi connectivity index (χ3v) is 9.30. The Bertz CT molecular complexity index is 2540. The van der Waals surface area contributed by atoms with Crippen LogP contribution in [0.1, 0.15) is 0 Å². The smallest absolute Gasteiger partial charge is 0.143 e. The van der Waals surface area contributed by atoms with Gasteiger partial charge in [-0.1, -0.05) is 158 Å². The van der Waals surface area contributed by atoms with Crippen LogP contribution in [0.5, 0.6) is 0 Å². The van der Waals surface area contributed by atoms with E-state index < -0.39 is 0 Å². The molecule has 226 valence electrons. The fraction of sp³-hybridized carbons (Fsp3) is 0. The summed E-state index contributed by atoms with van der Waals surface area (Å²) in [6, 6.07) is 66.9. The van der Waals surface area contributed by atoms with Gasteiger partial charge in [-0.15, -0.1) is 0 Å². The molecule has 0 amide bonds. The van der Waals surface area contributed by atoms with Gasteiger partial charge < -0.3 is 9.32 Å². The number of rotatable bonds is 6. The van der Waals surface area contributed by atoms with E-state index in [1.165, 1.54) is 33.0 Å². The molecule has 48 heavy (non-hydrogen) atoms. The Morgan fingerprint density at radius 2 is 0.854 bits per heavy atom. The lowest BCUT2D eigenvalue weighted by Crippen LogP contribution is -2.11. The molecule has 0 atom stereocenters. The van der Waals surface area contributed by atoms with Crippen molar-refractivity contribution in [3.05, 3.63) is 188 Å². The molecule has 0 radical (unpaired) electrons. The van der Waals surface area contributed by atoms with E-state index >= 15 is 0 Å². The van der Waals surface area contributed by atoms with Gasteiger partial charge in [-0.2, -0.15) is 0 Å². The number of hydrogen-bond acceptors (Lipinski definition) is 2. The molecule has 0 bridgehead atoms. The van der Waals surface area contributed by atoms with Crippen LogP contribution in [-0.4, -0.2) is 0 Å². The third kappa shape index (κ3) is 4.83. The summed E-state index contributed by atoms with van der Waals surface area (Å²) in [6.45, 7) is 0. The molecule has 0 aliphatic carbocycles. The first-order valence-electron chi connectivity index (χ1n) is 16.4. The van der Waals surface area contributed by atoms with Crippen LogP contribution in [0.15, 0.2) is 192 Å². The van der Waals surface area contributed by atoms with Gasteiger partial charge in [0.1, 0.15) is 11.2 Å². The molecule has 9 aromatic rings. The maximum Gasteiger partial charge on any atom is 0.143 e. The predicted octanol–water partition coefficient (Wildman–Crippen LogP) is 13.2. The lowest BCUT2D eigenvalue weighted by Gasteiger charge is -2.29. The summed E-state index contributed by atoms with van der Waals surface area (Å²) in [5.74, 6) is 0. The second-order valence-electron chi connectivity index (χ2n) is 12.1. The Balaban J connectivity index is 1.20. The molecule has 2 nitrogen and oxygen atoms in total. The lowest BCUT2D eigenvalue weighted by atomic mass is 9.98. The Kier molecular flexibility index (Phi) is 6.84. The van der Waals surface area contributed by atoms with Crippen LogP contribution in [0.25, 0.3) is 66.1 Å². The number of nitrogens with zero attached hydrogens (tertiary/aromatic N) is 1. The summed E-state index contributed by atoms with van der Waals surface area (Å²) in [6.07, 6.45) is 0. The highest BCUT2D eigenvalue weighted by molar-refractivity contribution is 6.11. The standard InChI is InChI=1S/C46H31NO/c1-2-12-32(13-3-1)33-24-26-34(27-25-33)35-28-30-37(31-29-35)47(43-22-10-15-36-14-4-5-16-38(36)43)44-21-8-6-17-39(44)41-19-11-20-42-40-18-7-9-23-45(40)48-46(41)42/h1-31H. The van der Waals surface area contributed by atoms with Crippen LogP contribution in [0.3, 0.4) is 0 Å². The SMILES string of the molecule is c1ccc(-c2ccc(-c3ccc(N(c4ccccc4-c4cccc5c4oc4ccccc45)c4cccc5ccccc45)cc3)cc2)cc1. The number of anilines is 3. The van der Waals surface area contributed by atoms with Crippen molar-refractivity contribution < 1.29 is 4.42 Å². The van der Waals surface area contributed by atoms with E-state index in [-0.39, 0.29) is 0 Å². The van der Waals surface area contributed by atoms with Gasteiger partial charge in [0.2, 0.25) is 0 Å². The molecule has 9 rings (SSSR count). The first kappa shape index (κ1) is 27.9. The van der Waals surface area contributed by atoms with E-state index in [0.29, 0.717) is 0 Å². The molecule has 0 spiro atoms. The van der Waals surface area contributed by atoms with Crippen LogP contribution >= 0.6 is 0 Å². The summed E-state index contributed by atoms with van der Waals surface area (Å²) >= 11 is 0. The zero-order valence-corrected chi connectivity index (χ0v) is 26.3. The van der Waals surface area contributed by atoms with Crippen molar-refractivity contribution in [3.63, 3.8) is 0 Å². The van der Waals surface area contributed by atoms with Crippen molar-refractivity contribution in [2.75, 3.05) is 4.90 Å². The highest BCUT2D eigenvalue weighted by atomic mass is 16.3. The van der Waals surface area contributed by atoms with E-state index in [1.54, 1.807) is 0 Å². The highest BCUT2D eigenvalue weighted by Crippen LogP contribution is 2.46. The predicted molar refractivity (Wildman–Crippen MR) is 202 cm³/mol. The van der Waals surface area contributed by atoms with E-state index in [0.717, 1.165) is 50.1 Å². The number of hydrogen-bond donors (Lipinski definition) is 0. The molecule has 1 aromatic heterocycles. The minimum Gasteiger partial charge on any atom is -0.455 e. The first-order valence-corrected chi connectivity index (χ1v) is 16.4. The quantitative estimate of drug-likeness (QED) is 0.185. The molecule has 1 heterocycles. The van der Waals surface area contributed by atoms with E-state index in [9.17, 15) is 0 Å². The second kappa shape index (κ2) is 11.8. The van der Waals surface area contributed by atoms with Crippen molar-refractivity contribution >= 4 is 49.8 Å². The molecule has 0 saturated carbocycles. The van der Waals surface area contributed by atoms with Crippen molar-refractivity contribution in [3.8, 4) is 33.4 Å². The highest BCUT2D eigenvalue weighted by Gasteiger charge is 2.21. The zero-order valence-electron chi connectivity index (χ0n) is 26.3. The molecule has 0 aliphatic heterocycles. The van der Waals surface area contributed by atoms with Gasteiger partial charge in [0.15, 0.2) is 0 Å². The molecule has 0 unspecified atom stereocenters. The van der Waals surface area contributed by atoms with Crippen molar-refractivity contribution in [1.82, 2.24) is 0 Å². The monoisotopic (exact) mass is 613 g/mol. The van der Waals surface area contributed by atoms with Gasteiger partial charge in [-0.25, -0.2) is 0 Å². The molecule has 0 N–H and O–H groups in total. The van der Waals surface area contributed by atoms with Gasteiger partial charge in [-0.3, -0.25) is 0 Å². The maximum absolute atomic E-state index is 6.54. The molecule has 2 heteroatoms. The summed E-state index contributed by atoms with van der Waals surface area (Å²) in [5, 5.41) is 4.65. The van der Waals surface area contributed by atoms with Gasteiger partial charge in [0.05, 0.1) is 11.4 Å². The normalized spacial score (nSPS) is 11.3.